The van der Waals surface area contributed by atoms with Crippen LogP contribution in [0, 0.1) is 11.6 Å². The summed E-state index contributed by atoms with van der Waals surface area (Å²) in [6.07, 6.45) is -0.954. The molecule has 18 heavy (non-hydrogen) atoms. The highest BCUT2D eigenvalue weighted by Gasteiger charge is 2.48. The molecule has 2 rings (SSSR count). The molecule has 1 aliphatic rings. The second-order valence-electron chi connectivity index (χ2n) is 4.12. The van der Waals surface area contributed by atoms with Crippen LogP contribution in [0.1, 0.15) is 6.92 Å². The van der Waals surface area contributed by atoms with Gasteiger partial charge in [0.1, 0.15) is 11.6 Å². The van der Waals surface area contributed by atoms with Crippen LogP contribution in [0.15, 0.2) is 18.2 Å². The molecule has 96 valence electrons. The van der Waals surface area contributed by atoms with Crippen molar-refractivity contribution in [2.75, 3.05) is 11.4 Å². The van der Waals surface area contributed by atoms with Gasteiger partial charge in [0.15, 0.2) is 0 Å². The van der Waals surface area contributed by atoms with E-state index in [1.54, 1.807) is 0 Å². The zero-order chi connectivity index (χ0) is 13.5. The van der Waals surface area contributed by atoms with Crippen molar-refractivity contribution in [2.45, 2.75) is 12.5 Å². The van der Waals surface area contributed by atoms with Crippen molar-refractivity contribution in [3.8, 4) is 0 Å². The van der Waals surface area contributed by atoms with Gasteiger partial charge < -0.3 is 9.84 Å². The molecule has 1 heterocycles. The summed E-state index contributed by atoms with van der Waals surface area (Å²) in [5.74, 6) is -3.04. The van der Waals surface area contributed by atoms with Crippen molar-refractivity contribution < 1.29 is 28.2 Å². The maximum Gasteiger partial charge on any atom is 0.415 e. The Morgan fingerprint density at radius 1 is 1.39 bits per heavy atom. The summed E-state index contributed by atoms with van der Waals surface area (Å²) in [4.78, 5) is 23.3. The van der Waals surface area contributed by atoms with Gasteiger partial charge in [0.05, 0.1) is 12.2 Å². The van der Waals surface area contributed by atoms with Gasteiger partial charge in [0.25, 0.3) is 0 Å². The third kappa shape index (κ3) is 1.99. The van der Waals surface area contributed by atoms with E-state index in [0.717, 1.165) is 17.0 Å². The number of cyclic esters (lactones) is 1. The zero-order valence-corrected chi connectivity index (χ0v) is 9.31. The maximum atomic E-state index is 13.0. The summed E-state index contributed by atoms with van der Waals surface area (Å²) in [5, 5.41) is 8.91. The van der Waals surface area contributed by atoms with Crippen LogP contribution >= 0.6 is 0 Å². The normalized spacial score (nSPS) is 23.1. The number of halogens is 2. The van der Waals surface area contributed by atoms with Gasteiger partial charge in [-0.25, -0.2) is 18.4 Å². The Kier molecular flexibility index (Phi) is 2.68. The van der Waals surface area contributed by atoms with Crippen LogP contribution in [-0.4, -0.2) is 29.3 Å². The fourth-order valence-electron chi connectivity index (χ4n) is 1.65. The Hall–Kier alpha value is -2.18. The lowest BCUT2D eigenvalue weighted by Crippen LogP contribution is -2.39. The average Bonchev–Trinajstić information content (AvgIpc) is 2.54. The number of benzene rings is 1. The molecular weight excluding hydrogens is 248 g/mol. The number of hydrogen-bond donors (Lipinski definition) is 1. The number of hydrogen-bond acceptors (Lipinski definition) is 3. The number of rotatable bonds is 2. The molecule has 1 N–H and O–H groups in total. The molecule has 1 aromatic rings. The van der Waals surface area contributed by atoms with Crippen LogP contribution in [0.5, 0.6) is 0 Å². The van der Waals surface area contributed by atoms with E-state index in [0.29, 0.717) is 6.07 Å². The third-order valence-electron chi connectivity index (χ3n) is 2.60. The monoisotopic (exact) mass is 257 g/mol. The molecular formula is C11H9F2NO4. The van der Waals surface area contributed by atoms with Crippen molar-refractivity contribution in [1.82, 2.24) is 0 Å². The number of anilines is 1. The van der Waals surface area contributed by atoms with Crippen molar-refractivity contribution in [1.29, 1.82) is 0 Å². The van der Waals surface area contributed by atoms with Crippen LogP contribution in [0.4, 0.5) is 19.3 Å². The number of carboxylic acids is 1. The second-order valence-corrected chi connectivity index (χ2v) is 4.12. The smallest absolute Gasteiger partial charge is 0.415 e. The molecule has 0 radical (unpaired) electrons. The van der Waals surface area contributed by atoms with Crippen molar-refractivity contribution in [3.63, 3.8) is 0 Å². The molecule has 0 bridgehead atoms. The predicted octanol–water partition coefficient (Wildman–Crippen LogP) is 1.76. The molecule has 1 saturated heterocycles. The number of amides is 1. The van der Waals surface area contributed by atoms with E-state index in [-0.39, 0.29) is 12.2 Å². The summed E-state index contributed by atoms with van der Waals surface area (Å²) < 4.78 is 30.7. The Morgan fingerprint density at radius 2 is 1.94 bits per heavy atom. The molecule has 1 aliphatic heterocycles. The van der Waals surface area contributed by atoms with E-state index in [9.17, 15) is 18.4 Å². The lowest BCUT2D eigenvalue weighted by Gasteiger charge is -2.16. The van der Waals surface area contributed by atoms with Crippen molar-refractivity contribution in [3.05, 3.63) is 29.8 Å². The van der Waals surface area contributed by atoms with Gasteiger partial charge in [-0.3, -0.25) is 4.90 Å². The molecule has 7 heteroatoms. The molecule has 0 spiro atoms. The maximum absolute atomic E-state index is 13.0. The fourth-order valence-corrected chi connectivity index (χ4v) is 1.65. The minimum atomic E-state index is -1.72. The fraction of sp³-hybridized carbons (Fsp3) is 0.273. The molecule has 1 fully saturated rings. The second kappa shape index (κ2) is 3.94. The molecule has 5 nitrogen and oxygen atoms in total. The van der Waals surface area contributed by atoms with Crippen LogP contribution < -0.4 is 4.90 Å². The zero-order valence-electron chi connectivity index (χ0n) is 9.31. The Morgan fingerprint density at radius 3 is 2.39 bits per heavy atom. The van der Waals surface area contributed by atoms with Crippen molar-refractivity contribution in [2.24, 2.45) is 0 Å². The van der Waals surface area contributed by atoms with E-state index < -0.39 is 29.3 Å². The lowest BCUT2D eigenvalue weighted by atomic mass is 10.1. The highest BCUT2D eigenvalue weighted by molar-refractivity contribution is 5.95. The number of ether oxygens (including phenoxy) is 1. The molecule has 1 aromatic carbocycles. The first kappa shape index (κ1) is 12.3. The SMILES string of the molecule is CC1(C(=O)O)CN(c2cc(F)cc(F)c2)C(=O)O1. The molecule has 1 unspecified atom stereocenters. The van der Waals surface area contributed by atoms with Crippen LogP contribution in [-0.2, 0) is 9.53 Å². The quantitative estimate of drug-likeness (QED) is 0.876. The number of carbonyl (C=O) groups excluding carboxylic acids is 1. The van der Waals surface area contributed by atoms with Gasteiger partial charge in [-0.2, -0.15) is 0 Å². The van der Waals surface area contributed by atoms with E-state index in [4.69, 9.17) is 9.84 Å². The van der Waals surface area contributed by atoms with Gasteiger partial charge in [-0.15, -0.1) is 0 Å². The molecule has 0 aliphatic carbocycles. The number of carboxylic acid groups (broad SMARTS) is 1. The van der Waals surface area contributed by atoms with Gasteiger partial charge in [0, 0.05) is 6.07 Å². The summed E-state index contributed by atoms with van der Waals surface area (Å²) in [6.45, 7) is 0.896. The van der Waals surface area contributed by atoms with Gasteiger partial charge in [0.2, 0.25) is 5.60 Å². The van der Waals surface area contributed by atoms with Gasteiger partial charge in [-0.1, -0.05) is 0 Å². The first-order chi connectivity index (χ1) is 8.32. The van der Waals surface area contributed by atoms with Crippen LogP contribution in [0.3, 0.4) is 0 Å². The molecule has 1 atom stereocenters. The van der Waals surface area contributed by atoms with Gasteiger partial charge in [-0.05, 0) is 19.1 Å². The summed E-state index contributed by atoms with van der Waals surface area (Å²) in [7, 11) is 0. The summed E-state index contributed by atoms with van der Waals surface area (Å²) in [6, 6.07) is 2.51. The van der Waals surface area contributed by atoms with Crippen LogP contribution in [0.2, 0.25) is 0 Å². The predicted molar refractivity (Wildman–Crippen MR) is 56.2 cm³/mol. The largest absolute Gasteiger partial charge is 0.478 e. The number of carbonyl (C=O) groups is 2. The average molecular weight is 257 g/mol. The minimum absolute atomic E-state index is 0.0810. The number of nitrogens with zero attached hydrogens (tertiary/aromatic N) is 1. The first-order valence-electron chi connectivity index (χ1n) is 5.02. The van der Waals surface area contributed by atoms with E-state index in [1.165, 1.54) is 6.92 Å². The lowest BCUT2D eigenvalue weighted by molar-refractivity contribution is -0.152. The minimum Gasteiger partial charge on any atom is -0.478 e. The summed E-state index contributed by atoms with van der Waals surface area (Å²) in [5.41, 5.74) is -1.80. The molecule has 0 aromatic heterocycles. The van der Waals surface area contributed by atoms with Crippen molar-refractivity contribution >= 4 is 17.7 Å². The van der Waals surface area contributed by atoms with E-state index >= 15 is 0 Å². The highest BCUT2D eigenvalue weighted by atomic mass is 19.1. The highest BCUT2D eigenvalue weighted by Crippen LogP contribution is 2.29. The van der Waals surface area contributed by atoms with Crippen LogP contribution in [0.25, 0.3) is 0 Å². The Balaban J connectivity index is 2.35. The molecule has 1 amide bonds. The Bertz CT molecular complexity index is 514. The Labute approximate surface area is 101 Å². The number of aliphatic carboxylic acids is 1. The topological polar surface area (TPSA) is 66.8 Å². The third-order valence-corrected chi connectivity index (χ3v) is 2.60. The molecule has 0 saturated carbocycles. The van der Waals surface area contributed by atoms with E-state index in [2.05, 4.69) is 0 Å². The van der Waals surface area contributed by atoms with Gasteiger partial charge >= 0.3 is 12.1 Å². The van der Waals surface area contributed by atoms with E-state index in [1.807, 2.05) is 0 Å². The summed E-state index contributed by atoms with van der Waals surface area (Å²) >= 11 is 0. The first-order valence-corrected chi connectivity index (χ1v) is 5.02. The standard InChI is InChI=1S/C11H9F2NO4/c1-11(9(15)16)5-14(10(17)18-11)8-3-6(12)2-7(13)4-8/h2-4H,5H2,1H3,(H,15,16).